The molecule has 3 heteroatoms. The molecule has 0 aliphatic carbocycles. The zero-order chi connectivity index (χ0) is 10.0. The molecule has 0 N–H and O–H groups in total. The molecule has 72 valence electrons. The minimum atomic E-state index is 1.13. The molecule has 0 bridgehead atoms. The van der Waals surface area contributed by atoms with Crippen molar-refractivity contribution in [1.82, 2.24) is 0 Å². The maximum atomic E-state index is 3.55. The highest BCUT2D eigenvalue weighted by atomic mass is 79.9. The average Bonchev–Trinajstić information content (AvgIpc) is 2.03. The monoisotopic (exact) mass is 242 g/mol. The third-order valence-corrected chi connectivity index (χ3v) is 2.56. The van der Waals surface area contributed by atoms with Crippen molar-refractivity contribution in [3.63, 3.8) is 0 Å². The van der Waals surface area contributed by atoms with Crippen LogP contribution in [0, 0.1) is 0 Å². The van der Waals surface area contributed by atoms with Crippen molar-refractivity contribution in [3.05, 3.63) is 22.7 Å². The van der Waals surface area contributed by atoms with E-state index in [1.54, 1.807) is 0 Å². The largest absolute Gasteiger partial charge is 0.378 e. The van der Waals surface area contributed by atoms with Crippen LogP contribution in [0.25, 0.3) is 0 Å². The Labute approximate surface area is 88.3 Å². The van der Waals surface area contributed by atoms with Crippen LogP contribution in [-0.4, -0.2) is 28.2 Å². The number of halogens is 1. The molecule has 0 aliphatic rings. The summed E-state index contributed by atoms with van der Waals surface area (Å²) in [6.45, 7) is 0. The number of anilines is 2. The Morgan fingerprint density at radius 2 is 1.62 bits per heavy atom. The molecule has 0 unspecified atom stereocenters. The van der Waals surface area contributed by atoms with Crippen LogP contribution in [-0.2, 0) is 0 Å². The minimum Gasteiger partial charge on any atom is -0.378 e. The molecule has 1 rings (SSSR count). The van der Waals surface area contributed by atoms with E-state index in [9.17, 15) is 0 Å². The number of hydrogen-bond donors (Lipinski definition) is 0. The summed E-state index contributed by atoms with van der Waals surface area (Å²) in [4.78, 5) is 4.17. The highest BCUT2D eigenvalue weighted by Gasteiger charge is 2.03. The van der Waals surface area contributed by atoms with Crippen molar-refractivity contribution in [2.24, 2.45) is 0 Å². The Hall–Kier alpha value is -0.700. The molecule has 0 atom stereocenters. The van der Waals surface area contributed by atoms with E-state index in [-0.39, 0.29) is 0 Å². The molecule has 1 aromatic carbocycles. The summed E-state index contributed by atoms with van der Waals surface area (Å²) in [6, 6.07) is 6.34. The molecular weight excluding hydrogens is 228 g/mol. The van der Waals surface area contributed by atoms with Gasteiger partial charge in [0, 0.05) is 38.4 Å². The molecule has 0 spiro atoms. The second kappa shape index (κ2) is 4.01. The van der Waals surface area contributed by atoms with Gasteiger partial charge < -0.3 is 9.80 Å². The molecule has 0 radical (unpaired) electrons. The van der Waals surface area contributed by atoms with Crippen molar-refractivity contribution in [3.8, 4) is 0 Å². The van der Waals surface area contributed by atoms with Gasteiger partial charge in [-0.25, -0.2) is 0 Å². The van der Waals surface area contributed by atoms with Gasteiger partial charge in [0.2, 0.25) is 0 Å². The van der Waals surface area contributed by atoms with Crippen molar-refractivity contribution >= 4 is 27.3 Å². The summed E-state index contributed by atoms with van der Waals surface area (Å²) in [5.41, 5.74) is 2.41. The summed E-state index contributed by atoms with van der Waals surface area (Å²) < 4.78 is 1.13. The molecule has 2 nitrogen and oxygen atoms in total. The molecule has 0 fully saturated rings. The first-order valence-corrected chi connectivity index (χ1v) is 4.96. The van der Waals surface area contributed by atoms with Gasteiger partial charge in [-0.3, -0.25) is 0 Å². The lowest BCUT2D eigenvalue weighted by Gasteiger charge is -2.18. The summed E-state index contributed by atoms with van der Waals surface area (Å²) in [5.74, 6) is 0. The maximum Gasteiger partial charge on any atom is 0.0506 e. The Kier molecular flexibility index (Phi) is 3.20. The fourth-order valence-corrected chi connectivity index (χ4v) is 1.86. The first-order valence-electron chi connectivity index (χ1n) is 4.16. The summed E-state index contributed by atoms with van der Waals surface area (Å²) in [6.07, 6.45) is 0. The maximum absolute atomic E-state index is 3.55. The zero-order valence-corrected chi connectivity index (χ0v) is 10.1. The van der Waals surface area contributed by atoms with Crippen molar-refractivity contribution < 1.29 is 0 Å². The molecular formula is C10H15BrN2. The Balaban J connectivity index is 3.06. The van der Waals surface area contributed by atoms with Crippen LogP contribution in [0.5, 0.6) is 0 Å². The smallest absolute Gasteiger partial charge is 0.0506 e. The third-order valence-electron chi connectivity index (χ3n) is 1.93. The quantitative estimate of drug-likeness (QED) is 0.787. The number of rotatable bonds is 2. The van der Waals surface area contributed by atoms with Gasteiger partial charge in [-0.15, -0.1) is 0 Å². The Bertz CT molecular complexity index is 295. The Morgan fingerprint density at radius 1 is 1.00 bits per heavy atom. The fourth-order valence-electron chi connectivity index (χ4n) is 1.14. The average molecular weight is 243 g/mol. The van der Waals surface area contributed by atoms with Gasteiger partial charge in [0.15, 0.2) is 0 Å². The van der Waals surface area contributed by atoms with Crippen molar-refractivity contribution in [1.29, 1.82) is 0 Å². The van der Waals surface area contributed by atoms with Gasteiger partial charge >= 0.3 is 0 Å². The molecule has 0 heterocycles. The van der Waals surface area contributed by atoms with Gasteiger partial charge in [-0.2, -0.15) is 0 Å². The molecule has 0 amide bonds. The summed E-state index contributed by atoms with van der Waals surface area (Å²) >= 11 is 3.55. The van der Waals surface area contributed by atoms with E-state index >= 15 is 0 Å². The highest BCUT2D eigenvalue weighted by molar-refractivity contribution is 9.10. The highest BCUT2D eigenvalue weighted by Crippen LogP contribution is 2.28. The van der Waals surface area contributed by atoms with E-state index < -0.39 is 0 Å². The van der Waals surface area contributed by atoms with E-state index in [0.29, 0.717) is 0 Å². The first kappa shape index (κ1) is 10.4. The molecule has 0 aromatic heterocycles. The van der Waals surface area contributed by atoms with Crippen LogP contribution in [0.2, 0.25) is 0 Å². The summed E-state index contributed by atoms with van der Waals surface area (Å²) in [5, 5.41) is 0. The van der Waals surface area contributed by atoms with Gasteiger partial charge in [-0.05, 0) is 34.1 Å². The minimum absolute atomic E-state index is 1.13. The second-order valence-electron chi connectivity index (χ2n) is 3.42. The third kappa shape index (κ3) is 2.37. The van der Waals surface area contributed by atoms with Crippen molar-refractivity contribution in [2.45, 2.75) is 0 Å². The van der Waals surface area contributed by atoms with Crippen molar-refractivity contribution in [2.75, 3.05) is 38.0 Å². The molecule has 0 aliphatic heterocycles. The predicted molar refractivity (Wildman–Crippen MR) is 62.8 cm³/mol. The van der Waals surface area contributed by atoms with Crippen LogP contribution in [0.3, 0.4) is 0 Å². The van der Waals surface area contributed by atoms with E-state index in [1.165, 1.54) is 11.4 Å². The molecule has 13 heavy (non-hydrogen) atoms. The van der Waals surface area contributed by atoms with Crippen LogP contribution in [0.4, 0.5) is 11.4 Å². The Morgan fingerprint density at radius 3 is 2.00 bits per heavy atom. The van der Waals surface area contributed by atoms with Gasteiger partial charge in [0.05, 0.1) is 5.69 Å². The number of benzene rings is 1. The van der Waals surface area contributed by atoms with Gasteiger partial charge in [0.1, 0.15) is 0 Å². The van der Waals surface area contributed by atoms with E-state index in [2.05, 4.69) is 43.9 Å². The van der Waals surface area contributed by atoms with Gasteiger partial charge in [0.25, 0.3) is 0 Å². The number of nitrogens with zero attached hydrogens (tertiary/aromatic N) is 2. The summed E-state index contributed by atoms with van der Waals surface area (Å²) in [7, 11) is 8.15. The predicted octanol–water partition coefficient (Wildman–Crippen LogP) is 2.58. The molecule has 0 saturated heterocycles. The first-order chi connectivity index (χ1) is 6.02. The lowest BCUT2D eigenvalue weighted by Crippen LogP contribution is -2.11. The lowest BCUT2D eigenvalue weighted by atomic mass is 10.2. The van der Waals surface area contributed by atoms with Crippen LogP contribution in [0.1, 0.15) is 0 Å². The normalized spacial score (nSPS) is 9.92. The number of hydrogen-bond acceptors (Lipinski definition) is 2. The van der Waals surface area contributed by atoms with E-state index in [4.69, 9.17) is 0 Å². The topological polar surface area (TPSA) is 6.48 Å². The lowest BCUT2D eigenvalue weighted by molar-refractivity contribution is 1.10. The standard InChI is InChI=1S/C10H15BrN2/c1-12(2)8-5-6-10(13(3)4)9(11)7-8/h5-7H,1-4H3. The van der Waals surface area contributed by atoms with Crippen LogP contribution in [0.15, 0.2) is 22.7 Å². The van der Waals surface area contributed by atoms with Crippen LogP contribution < -0.4 is 9.80 Å². The van der Waals surface area contributed by atoms with Crippen LogP contribution >= 0.6 is 15.9 Å². The zero-order valence-electron chi connectivity index (χ0n) is 8.50. The van der Waals surface area contributed by atoms with Gasteiger partial charge in [-0.1, -0.05) is 0 Å². The van der Waals surface area contributed by atoms with E-state index in [0.717, 1.165) is 4.47 Å². The molecule has 1 aromatic rings. The molecule has 0 saturated carbocycles. The second-order valence-corrected chi connectivity index (χ2v) is 4.28. The SMILES string of the molecule is CN(C)c1ccc(N(C)C)c(Br)c1. The fraction of sp³-hybridized carbons (Fsp3) is 0.400. The van der Waals surface area contributed by atoms with E-state index in [1.807, 2.05) is 28.2 Å².